The minimum atomic E-state index is -0.580. The van der Waals surface area contributed by atoms with Crippen molar-refractivity contribution in [2.75, 3.05) is 13.1 Å². The fraction of sp³-hybridized carbons (Fsp3) is 0.667. The topological polar surface area (TPSA) is 110 Å². The lowest BCUT2D eigenvalue weighted by molar-refractivity contribution is -0.119. The molecule has 0 aromatic rings. The van der Waals surface area contributed by atoms with Crippen molar-refractivity contribution < 1.29 is 9.59 Å². The van der Waals surface area contributed by atoms with Crippen LogP contribution in [0.1, 0.15) is 6.92 Å². The van der Waals surface area contributed by atoms with E-state index in [1.807, 2.05) is 0 Å². The molecule has 6 N–H and O–H groups in total. The van der Waals surface area contributed by atoms with Crippen molar-refractivity contribution in [3.05, 3.63) is 0 Å². The van der Waals surface area contributed by atoms with Gasteiger partial charge in [-0.2, -0.15) is 0 Å². The van der Waals surface area contributed by atoms with Gasteiger partial charge in [-0.3, -0.25) is 4.79 Å². The Hall–Kier alpha value is -1.30. The summed E-state index contributed by atoms with van der Waals surface area (Å²) < 4.78 is 0. The molecule has 1 atom stereocenters. The van der Waals surface area contributed by atoms with Gasteiger partial charge in [-0.1, -0.05) is 0 Å². The van der Waals surface area contributed by atoms with Crippen molar-refractivity contribution in [2.24, 2.45) is 11.5 Å². The molecule has 0 saturated heterocycles. The molecule has 70 valence electrons. The predicted molar refractivity (Wildman–Crippen MR) is 44.2 cm³/mol. The number of carbonyl (C=O) groups excluding carboxylic acids is 2. The standard InChI is InChI=1S/C6H14N4O2/c1-4(5(7)11)9-2-3-10-6(8)12/h4,9H,2-3H2,1H3,(H2,7,11)(H3,8,10,12). The fourth-order valence-electron chi connectivity index (χ4n) is 0.575. The van der Waals surface area contributed by atoms with Gasteiger partial charge in [-0.05, 0) is 6.92 Å². The van der Waals surface area contributed by atoms with Crippen LogP contribution in [0.3, 0.4) is 0 Å². The highest BCUT2D eigenvalue weighted by atomic mass is 16.2. The van der Waals surface area contributed by atoms with Gasteiger partial charge < -0.3 is 22.1 Å². The summed E-state index contributed by atoms with van der Waals surface area (Å²) >= 11 is 0. The summed E-state index contributed by atoms with van der Waals surface area (Å²) in [7, 11) is 0. The van der Waals surface area contributed by atoms with Crippen molar-refractivity contribution in [1.29, 1.82) is 0 Å². The third-order valence-electron chi connectivity index (χ3n) is 1.30. The Balaban J connectivity index is 3.31. The molecule has 12 heavy (non-hydrogen) atoms. The molecule has 0 aliphatic rings. The van der Waals surface area contributed by atoms with E-state index < -0.39 is 11.9 Å². The molecule has 0 spiro atoms. The van der Waals surface area contributed by atoms with E-state index in [-0.39, 0.29) is 6.04 Å². The second-order valence-electron chi connectivity index (χ2n) is 2.37. The van der Waals surface area contributed by atoms with Crippen molar-refractivity contribution in [2.45, 2.75) is 13.0 Å². The largest absolute Gasteiger partial charge is 0.368 e. The maximum Gasteiger partial charge on any atom is 0.312 e. The van der Waals surface area contributed by atoms with Crippen LogP contribution in [0.4, 0.5) is 4.79 Å². The molecule has 1 unspecified atom stereocenters. The number of hydrogen-bond donors (Lipinski definition) is 4. The molecule has 0 aromatic carbocycles. The number of carbonyl (C=O) groups is 2. The minimum absolute atomic E-state index is 0.382. The fourth-order valence-corrected chi connectivity index (χ4v) is 0.575. The average Bonchev–Trinajstić information content (AvgIpc) is 1.97. The number of urea groups is 1. The van der Waals surface area contributed by atoms with Gasteiger partial charge in [0.05, 0.1) is 6.04 Å². The van der Waals surface area contributed by atoms with Gasteiger partial charge in [0.25, 0.3) is 0 Å². The zero-order valence-corrected chi connectivity index (χ0v) is 6.96. The molecule has 0 saturated carbocycles. The second-order valence-corrected chi connectivity index (χ2v) is 2.37. The van der Waals surface area contributed by atoms with Crippen LogP contribution in [0, 0.1) is 0 Å². The Morgan fingerprint density at radius 1 is 1.33 bits per heavy atom. The van der Waals surface area contributed by atoms with E-state index >= 15 is 0 Å². The van der Waals surface area contributed by atoms with E-state index in [0.717, 1.165) is 0 Å². The Bertz CT molecular complexity index is 171. The van der Waals surface area contributed by atoms with Gasteiger partial charge in [-0.25, -0.2) is 4.79 Å². The summed E-state index contributed by atoms with van der Waals surface area (Å²) in [6.07, 6.45) is 0. The first kappa shape index (κ1) is 10.7. The number of nitrogens with two attached hydrogens (primary N) is 2. The maximum atomic E-state index is 10.5. The van der Waals surface area contributed by atoms with Crippen molar-refractivity contribution in [3.8, 4) is 0 Å². The van der Waals surface area contributed by atoms with E-state index in [1.165, 1.54) is 0 Å². The van der Waals surface area contributed by atoms with Gasteiger partial charge >= 0.3 is 6.03 Å². The van der Waals surface area contributed by atoms with Crippen molar-refractivity contribution >= 4 is 11.9 Å². The number of hydrogen-bond acceptors (Lipinski definition) is 3. The summed E-state index contributed by atoms with van der Waals surface area (Å²) in [5.41, 5.74) is 9.76. The molecule has 0 rings (SSSR count). The van der Waals surface area contributed by atoms with Crippen LogP contribution in [-0.4, -0.2) is 31.1 Å². The van der Waals surface area contributed by atoms with E-state index in [0.29, 0.717) is 13.1 Å². The first-order valence-electron chi connectivity index (χ1n) is 3.60. The first-order chi connectivity index (χ1) is 5.54. The number of primary amides is 2. The molecule has 6 heteroatoms. The molecule has 0 aromatic heterocycles. The Kier molecular flexibility index (Phi) is 4.78. The second kappa shape index (κ2) is 5.36. The molecule has 0 radical (unpaired) electrons. The predicted octanol–water partition coefficient (Wildman–Crippen LogP) is -1.88. The molecule has 3 amide bonds. The lowest BCUT2D eigenvalue weighted by Gasteiger charge is -2.09. The van der Waals surface area contributed by atoms with E-state index in [9.17, 15) is 9.59 Å². The highest BCUT2D eigenvalue weighted by Crippen LogP contribution is 1.75. The Morgan fingerprint density at radius 2 is 1.92 bits per heavy atom. The van der Waals surface area contributed by atoms with Gasteiger partial charge in [0.2, 0.25) is 5.91 Å². The SMILES string of the molecule is CC(NCCNC(N)=O)C(N)=O. The Morgan fingerprint density at radius 3 is 2.33 bits per heavy atom. The van der Waals surface area contributed by atoms with Crippen LogP contribution in [-0.2, 0) is 4.79 Å². The molecule has 6 nitrogen and oxygen atoms in total. The van der Waals surface area contributed by atoms with E-state index in [1.54, 1.807) is 6.92 Å². The molecular formula is C6H14N4O2. The first-order valence-corrected chi connectivity index (χ1v) is 3.60. The lowest BCUT2D eigenvalue weighted by atomic mass is 10.3. The molecule has 0 heterocycles. The van der Waals surface area contributed by atoms with Crippen molar-refractivity contribution in [3.63, 3.8) is 0 Å². The summed E-state index contributed by atoms with van der Waals surface area (Å²) in [5, 5.41) is 5.16. The van der Waals surface area contributed by atoms with Crippen LogP contribution < -0.4 is 22.1 Å². The summed E-state index contributed by atoms with van der Waals surface area (Å²) in [6, 6.07) is -0.969. The lowest BCUT2D eigenvalue weighted by Crippen LogP contribution is -2.43. The highest BCUT2D eigenvalue weighted by molar-refractivity contribution is 5.79. The number of rotatable bonds is 5. The molecular weight excluding hydrogens is 160 g/mol. The normalized spacial score (nSPS) is 12.1. The van der Waals surface area contributed by atoms with Crippen LogP contribution in [0.25, 0.3) is 0 Å². The molecule has 0 aliphatic carbocycles. The third-order valence-corrected chi connectivity index (χ3v) is 1.30. The van der Waals surface area contributed by atoms with Gasteiger partial charge in [-0.15, -0.1) is 0 Å². The quantitative estimate of drug-likeness (QED) is 0.366. The minimum Gasteiger partial charge on any atom is -0.368 e. The zero-order valence-electron chi connectivity index (χ0n) is 6.96. The average molecular weight is 174 g/mol. The smallest absolute Gasteiger partial charge is 0.312 e. The highest BCUT2D eigenvalue weighted by Gasteiger charge is 2.05. The number of amides is 3. The summed E-state index contributed by atoms with van der Waals surface area (Å²) in [4.78, 5) is 20.6. The zero-order chi connectivity index (χ0) is 9.56. The Labute approximate surface area is 70.7 Å². The van der Waals surface area contributed by atoms with Gasteiger partial charge in [0.15, 0.2) is 0 Å². The number of nitrogens with one attached hydrogen (secondary N) is 2. The summed E-state index contributed by atoms with van der Waals surface area (Å²) in [5.74, 6) is -0.422. The van der Waals surface area contributed by atoms with Crippen LogP contribution in [0.5, 0.6) is 0 Å². The van der Waals surface area contributed by atoms with Crippen LogP contribution in [0.15, 0.2) is 0 Å². The van der Waals surface area contributed by atoms with Gasteiger partial charge in [0, 0.05) is 13.1 Å². The van der Waals surface area contributed by atoms with Crippen LogP contribution >= 0.6 is 0 Å². The molecule has 0 fully saturated rings. The van der Waals surface area contributed by atoms with E-state index in [2.05, 4.69) is 10.6 Å². The van der Waals surface area contributed by atoms with Gasteiger partial charge in [0.1, 0.15) is 0 Å². The summed E-state index contributed by atoms with van der Waals surface area (Å²) in [6.45, 7) is 2.49. The molecule has 0 bridgehead atoms. The molecule has 0 aliphatic heterocycles. The van der Waals surface area contributed by atoms with Crippen LogP contribution in [0.2, 0.25) is 0 Å². The van der Waals surface area contributed by atoms with E-state index in [4.69, 9.17) is 11.5 Å². The third kappa shape index (κ3) is 5.48. The van der Waals surface area contributed by atoms with Crippen molar-refractivity contribution in [1.82, 2.24) is 10.6 Å². The maximum absolute atomic E-state index is 10.5. The monoisotopic (exact) mass is 174 g/mol.